The summed E-state index contributed by atoms with van der Waals surface area (Å²) in [5, 5.41) is 16.9. The van der Waals surface area contributed by atoms with Crippen molar-refractivity contribution in [1.29, 1.82) is 0 Å². The number of aliphatic hydroxyl groups excluding tert-OH is 1. The highest BCUT2D eigenvalue weighted by Crippen LogP contribution is 2.19. The van der Waals surface area contributed by atoms with Crippen LogP contribution >= 0.6 is 0 Å². The molecule has 5 nitrogen and oxygen atoms in total. The molecule has 5 heteroatoms. The maximum Gasteiger partial charge on any atom is 0.255 e. The molecule has 0 aliphatic carbocycles. The Bertz CT molecular complexity index is 620. The van der Waals surface area contributed by atoms with E-state index >= 15 is 0 Å². The number of nitrogens with one attached hydrogen (secondary N) is 1. The number of aromatic nitrogens is 2. The summed E-state index contributed by atoms with van der Waals surface area (Å²) < 4.78 is 1.76. The average molecular weight is 301 g/mol. The molecular formula is C17H23N3O2. The molecule has 0 aliphatic heterocycles. The number of hydrogen-bond donors (Lipinski definition) is 2. The number of aliphatic hydroxyl groups is 1. The van der Waals surface area contributed by atoms with Crippen molar-refractivity contribution in [1.82, 2.24) is 15.1 Å². The highest BCUT2D eigenvalue weighted by molar-refractivity contribution is 5.95. The van der Waals surface area contributed by atoms with Gasteiger partial charge >= 0.3 is 0 Å². The van der Waals surface area contributed by atoms with E-state index < -0.39 is 6.04 Å². The van der Waals surface area contributed by atoms with Crippen LogP contribution in [0.1, 0.15) is 54.3 Å². The third kappa shape index (κ3) is 3.54. The minimum atomic E-state index is -0.418. The smallest absolute Gasteiger partial charge is 0.255 e. The molecule has 0 spiro atoms. The van der Waals surface area contributed by atoms with Gasteiger partial charge in [-0.2, -0.15) is 5.10 Å². The van der Waals surface area contributed by atoms with Gasteiger partial charge in [0.1, 0.15) is 0 Å². The van der Waals surface area contributed by atoms with Gasteiger partial charge in [0.05, 0.1) is 23.9 Å². The molecule has 0 saturated carbocycles. The summed E-state index contributed by atoms with van der Waals surface area (Å²) in [4.78, 5) is 12.6. The number of aryl methyl sites for hydroxylation is 1. The van der Waals surface area contributed by atoms with E-state index in [4.69, 9.17) is 0 Å². The van der Waals surface area contributed by atoms with Gasteiger partial charge in [0, 0.05) is 12.7 Å². The maximum atomic E-state index is 12.6. The fraction of sp³-hybridized carbons (Fsp3) is 0.412. The Hall–Kier alpha value is -2.14. The molecule has 0 aliphatic rings. The van der Waals surface area contributed by atoms with Gasteiger partial charge in [-0.15, -0.1) is 0 Å². The van der Waals surface area contributed by atoms with Crippen LogP contribution in [0.2, 0.25) is 0 Å². The zero-order chi connectivity index (χ0) is 16.1. The molecule has 22 heavy (non-hydrogen) atoms. The topological polar surface area (TPSA) is 67.2 Å². The molecular weight excluding hydrogens is 278 g/mol. The Morgan fingerprint density at radius 2 is 2.00 bits per heavy atom. The lowest BCUT2D eigenvalue weighted by molar-refractivity contribution is 0.0915. The van der Waals surface area contributed by atoms with Crippen LogP contribution in [-0.4, -0.2) is 27.4 Å². The number of amides is 1. The van der Waals surface area contributed by atoms with Crippen molar-refractivity contribution in [3.63, 3.8) is 0 Å². The van der Waals surface area contributed by atoms with Crippen LogP contribution in [0.3, 0.4) is 0 Å². The lowest BCUT2D eigenvalue weighted by Gasteiger charge is -2.17. The molecule has 0 fully saturated rings. The second-order valence-electron chi connectivity index (χ2n) is 5.56. The Balaban J connectivity index is 2.23. The summed E-state index contributed by atoms with van der Waals surface area (Å²) in [6, 6.07) is 9.04. The molecule has 2 rings (SSSR count). The molecule has 1 amide bonds. The number of hydrogen-bond acceptors (Lipinski definition) is 3. The number of benzene rings is 1. The third-order valence-electron chi connectivity index (χ3n) is 3.60. The Kier molecular flexibility index (Phi) is 5.33. The van der Waals surface area contributed by atoms with Gasteiger partial charge in [-0.1, -0.05) is 44.2 Å². The second kappa shape index (κ2) is 7.22. The number of carbonyl (C=O) groups excluding carboxylic acids is 1. The van der Waals surface area contributed by atoms with Gasteiger partial charge in [0.15, 0.2) is 0 Å². The van der Waals surface area contributed by atoms with Gasteiger partial charge < -0.3 is 10.4 Å². The molecule has 0 radical (unpaired) electrons. The van der Waals surface area contributed by atoms with Crippen LogP contribution in [0.4, 0.5) is 0 Å². The monoisotopic (exact) mass is 301 g/mol. The molecule has 0 unspecified atom stereocenters. The fourth-order valence-corrected chi connectivity index (χ4v) is 2.36. The van der Waals surface area contributed by atoms with E-state index in [9.17, 15) is 9.90 Å². The Labute approximate surface area is 131 Å². The predicted molar refractivity (Wildman–Crippen MR) is 85.7 cm³/mol. The Morgan fingerprint density at radius 3 is 2.55 bits per heavy atom. The summed E-state index contributed by atoms with van der Waals surface area (Å²) in [6.45, 7) is 6.59. The van der Waals surface area contributed by atoms with E-state index in [0.717, 1.165) is 17.8 Å². The number of nitrogens with zero attached hydrogens (tertiary/aromatic N) is 2. The van der Waals surface area contributed by atoms with E-state index in [1.807, 2.05) is 51.1 Å². The van der Waals surface area contributed by atoms with E-state index in [2.05, 4.69) is 10.4 Å². The minimum absolute atomic E-state index is 0.144. The first-order valence-corrected chi connectivity index (χ1v) is 7.60. The van der Waals surface area contributed by atoms with Crippen molar-refractivity contribution in [2.45, 2.75) is 39.3 Å². The molecule has 2 N–H and O–H groups in total. The molecule has 1 atom stereocenters. The van der Waals surface area contributed by atoms with Crippen molar-refractivity contribution in [3.05, 3.63) is 53.3 Å². The van der Waals surface area contributed by atoms with E-state index in [-0.39, 0.29) is 18.4 Å². The molecule has 118 valence electrons. The number of carbonyl (C=O) groups is 1. The van der Waals surface area contributed by atoms with Gasteiger partial charge in [0.2, 0.25) is 0 Å². The molecule has 2 aromatic rings. The number of rotatable bonds is 6. The first-order valence-electron chi connectivity index (χ1n) is 7.60. The molecule has 1 aromatic heterocycles. The van der Waals surface area contributed by atoms with Crippen LogP contribution in [-0.2, 0) is 6.54 Å². The lowest BCUT2D eigenvalue weighted by Crippen LogP contribution is -2.31. The standard InChI is InChI=1S/C17H23N3O2/c1-4-20-10-14(16(19-20)12(2)3)17(22)18-15(11-21)13-8-6-5-7-9-13/h5-10,12,15,21H,4,11H2,1-3H3,(H,18,22)/t15-/m1/s1. The summed E-state index contributed by atoms with van der Waals surface area (Å²) in [5.41, 5.74) is 2.24. The van der Waals surface area contributed by atoms with Crippen LogP contribution in [0, 0.1) is 0 Å². The van der Waals surface area contributed by atoms with Crippen molar-refractivity contribution >= 4 is 5.91 Å². The molecule has 1 heterocycles. The highest BCUT2D eigenvalue weighted by Gasteiger charge is 2.21. The third-order valence-corrected chi connectivity index (χ3v) is 3.60. The van der Waals surface area contributed by atoms with Gasteiger partial charge in [-0.25, -0.2) is 0 Å². The van der Waals surface area contributed by atoms with Crippen LogP contribution < -0.4 is 5.32 Å². The maximum absolute atomic E-state index is 12.6. The van der Waals surface area contributed by atoms with Crippen molar-refractivity contribution in [3.8, 4) is 0 Å². The largest absolute Gasteiger partial charge is 0.394 e. The van der Waals surface area contributed by atoms with E-state index in [0.29, 0.717) is 5.56 Å². The zero-order valence-corrected chi connectivity index (χ0v) is 13.3. The average Bonchev–Trinajstić information content (AvgIpc) is 2.98. The fourth-order valence-electron chi connectivity index (χ4n) is 2.36. The quantitative estimate of drug-likeness (QED) is 0.861. The van der Waals surface area contributed by atoms with Gasteiger partial charge in [-0.05, 0) is 18.4 Å². The first kappa shape index (κ1) is 16.2. The highest BCUT2D eigenvalue weighted by atomic mass is 16.3. The summed E-state index contributed by atoms with van der Waals surface area (Å²) >= 11 is 0. The molecule has 0 saturated heterocycles. The SMILES string of the molecule is CCn1cc(C(=O)N[C@H](CO)c2ccccc2)c(C(C)C)n1. The predicted octanol–water partition coefficient (Wildman–Crippen LogP) is 2.49. The normalized spacial score (nSPS) is 12.4. The Morgan fingerprint density at radius 1 is 1.32 bits per heavy atom. The van der Waals surface area contributed by atoms with E-state index in [1.165, 1.54) is 0 Å². The summed E-state index contributed by atoms with van der Waals surface area (Å²) in [7, 11) is 0. The van der Waals surface area contributed by atoms with Crippen LogP contribution in [0.15, 0.2) is 36.5 Å². The summed E-state index contributed by atoms with van der Waals surface area (Å²) in [6.07, 6.45) is 1.77. The lowest BCUT2D eigenvalue weighted by atomic mass is 10.0. The second-order valence-corrected chi connectivity index (χ2v) is 5.56. The van der Waals surface area contributed by atoms with Crippen molar-refractivity contribution in [2.24, 2.45) is 0 Å². The van der Waals surface area contributed by atoms with Crippen molar-refractivity contribution in [2.75, 3.05) is 6.61 Å². The van der Waals surface area contributed by atoms with Gasteiger partial charge in [0.25, 0.3) is 5.91 Å². The molecule has 0 bridgehead atoms. The first-order chi connectivity index (χ1) is 10.6. The van der Waals surface area contributed by atoms with E-state index in [1.54, 1.807) is 10.9 Å². The summed E-state index contributed by atoms with van der Waals surface area (Å²) in [5.74, 6) is -0.0378. The van der Waals surface area contributed by atoms with Gasteiger partial charge in [-0.3, -0.25) is 9.48 Å². The molecule has 1 aromatic carbocycles. The van der Waals surface area contributed by atoms with Crippen LogP contribution in [0.25, 0.3) is 0 Å². The zero-order valence-electron chi connectivity index (χ0n) is 13.3. The van der Waals surface area contributed by atoms with Crippen LogP contribution in [0.5, 0.6) is 0 Å². The minimum Gasteiger partial charge on any atom is -0.394 e. The van der Waals surface area contributed by atoms with Crippen molar-refractivity contribution < 1.29 is 9.90 Å².